The first kappa shape index (κ1) is 109. The fourth-order valence-corrected chi connectivity index (χ4v) is 17.4. The number of carbonyl (C=O) groups is 1. The number of ether oxygens (including phenoxy) is 6. The van der Waals surface area contributed by atoms with E-state index in [1.807, 2.05) is 0 Å². The van der Waals surface area contributed by atoms with Crippen LogP contribution in [0.15, 0.2) is 24.3 Å². The molecule has 692 valence electrons. The summed E-state index contributed by atoms with van der Waals surface area (Å²) in [4.78, 5) is 13.6. The summed E-state index contributed by atoms with van der Waals surface area (Å²) in [6, 6.07) is -0.887. The molecule has 19 heteroatoms. The highest BCUT2D eigenvalue weighted by atomic mass is 16.8. The summed E-state index contributed by atoms with van der Waals surface area (Å²) < 4.78 is 34.7. The molecule has 0 aromatic heterocycles. The van der Waals surface area contributed by atoms with Gasteiger partial charge in [0.1, 0.15) is 73.2 Å². The topological polar surface area (TPSA) is 307 Å². The van der Waals surface area contributed by atoms with Crippen LogP contribution in [0.25, 0.3) is 0 Å². The first-order valence-electron chi connectivity index (χ1n) is 50.1. The first-order chi connectivity index (χ1) is 57.3. The summed E-state index contributed by atoms with van der Waals surface area (Å²) in [5.41, 5.74) is 0. The lowest BCUT2D eigenvalue weighted by Gasteiger charge is -2.48. The smallest absolute Gasteiger partial charge is 0.220 e. The maximum atomic E-state index is 13.6. The van der Waals surface area contributed by atoms with Gasteiger partial charge in [-0.3, -0.25) is 4.79 Å². The number of carbonyl (C=O) groups excluding carboxylic acids is 1. The van der Waals surface area contributed by atoms with Crippen LogP contribution in [-0.4, -0.2) is 193 Å². The Morgan fingerprint density at radius 1 is 0.308 bits per heavy atom. The zero-order valence-corrected chi connectivity index (χ0v) is 75.2. The van der Waals surface area contributed by atoms with Crippen molar-refractivity contribution in [2.45, 2.75) is 568 Å². The van der Waals surface area contributed by atoms with Gasteiger partial charge in [-0.1, -0.05) is 436 Å². The molecule has 17 atom stereocenters. The molecule has 0 aromatic carbocycles. The summed E-state index contributed by atoms with van der Waals surface area (Å²) >= 11 is 0. The average Bonchev–Trinajstić information content (AvgIpc) is 0.777. The van der Waals surface area contributed by atoms with Crippen molar-refractivity contribution in [3.8, 4) is 0 Å². The molecule has 3 rings (SSSR count). The summed E-state index contributed by atoms with van der Waals surface area (Å²) in [5.74, 6) is -0.231. The molecule has 0 aromatic rings. The van der Waals surface area contributed by atoms with Crippen LogP contribution in [0, 0.1) is 0 Å². The number of amides is 1. The maximum Gasteiger partial charge on any atom is 0.220 e. The molecule has 0 spiro atoms. The highest BCUT2D eigenvalue weighted by Crippen LogP contribution is 2.34. The van der Waals surface area contributed by atoms with Gasteiger partial charge in [-0.05, 0) is 44.9 Å². The van der Waals surface area contributed by atoms with Crippen molar-refractivity contribution >= 4 is 5.91 Å². The number of hydrogen-bond acceptors (Lipinski definition) is 18. The van der Waals surface area contributed by atoms with Crippen molar-refractivity contribution < 1.29 is 89.4 Å². The minimum Gasteiger partial charge on any atom is -0.394 e. The Morgan fingerprint density at radius 2 is 0.564 bits per heavy atom. The lowest BCUT2D eigenvalue weighted by Crippen LogP contribution is -2.66. The van der Waals surface area contributed by atoms with Crippen molar-refractivity contribution in [2.75, 3.05) is 26.4 Å². The molecule has 3 fully saturated rings. The molecule has 17 unspecified atom stereocenters. The van der Waals surface area contributed by atoms with Crippen LogP contribution in [0.3, 0.4) is 0 Å². The third-order valence-electron chi connectivity index (χ3n) is 25.3. The summed E-state index contributed by atoms with van der Waals surface area (Å²) in [7, 11) is 0. The van der Waals surface area contributed by atoms with E-state index >= 15 is 0 Å². The molecule has 19 nitrogen and oxygen atoms in total. The Kier molecular flexibility index (Phi) is 72.8. The van der Waals surface area contributed by atoms with Crippen LogP contribution in [-0.2, 0) is 33.2 Å². The molecule has 117 heavy (non-hydrogen) atoms. The normalized spacial score (nSPS) is 24.4. The highest BCUT2D eigenvalue weighted by Gasteiger charge is 2.54. The van der Waals surface area contributed by atoms with Gasteiger partial charge in [-0.2, -0.15) is 0 Å². The van der Waals surface area contributed by atoms with E-state index in [0.29, 0.717) is 12.8 Å². The molecule has 0 aliphatic carbocycles. The van der Waals surface area contributed by atoms with Gasteiger partial charge in [0, 0.05) is 6.42 Å². The Bertz CT molecular complexity index is 2200. The van der Waals surface area contributed by atoms with Gasteiger partial charge in [0.15, 0.2) is 18.9 Å². The van der Waals surface area contributed by atoms with Gasteiger partial charge < -0.3 is 89.9 Å². The van der Waals surface area contributed by atoms with Crippen LogP contribution in [0.1, 0.15) is 463 Å². The Morgan fingerprint density at radius 3 is 0.872 bits per heavy atom. The SMILES string of the molecule is CCCCCCC/C=C\C/C=C\CCCCCCCCCCCCCCCCCCCCCCCCCCCCCC(=O)NC(COC1OC(CO)C(OC2OC(CO)C(OC3OC(CO)C(O)C(O)C3O)C(O)C2O)C(O)C1O)C(O)CCCCCCCCCCCCCCCCCCCCCCCCCCCCCCCCCCC. The standard InChI is InChI=1S/C98H187NO18/c1-3-5-7-9-11-13-15-17-19-21-23-25-27-29-31-33-35-37-38-39-40-41-42-44-46-48-50-52-54-56-58-60-62-64-66-68-70-72-74-76-86(104)99-81(82(103)75-73-71-69-67-65-63-61-59-57-55-53-51-49-47-45-43-36-34-32-30-28-26-24-22-20-18-16-14-12-10-8-6-4-2)80-112-96-92(110)89(107)94(84(78-101)114-96)117-98-93(111)90(108)95(85(79-102)115-98)116-97-91(109)88(106)87(105)83(77-100)113-97/h15,17,21,23,81-85,87-98,100-103,105-111H,3-14,16,18-20,22,24-80H2,1-2H3,(H,99,104)/b17-15-,23-21-. The van der Waals surface area contributed by atoms with E-state index in [2.05, 4.69) is 43.5 Å². The van der Waals surface area contributed by atoms with Gasteiger partial charge >= 0.3 is 0 Å². The van der Waals surface area contributed by atoms with Gasteiger partial charge in [0.05, 0.1) is 38.6 Å². The molecular weight excluding hydrogens is 1480 g/mol. The van der Waals surface area contributed by atoms with Crippen molar-refractivity contribution in [1.82, 2.24) is 5.32 Å². The number of nitrogens with one attached hydrogen (secondary N) is 1. The average molecular weight is 1670 g/mol. The van der Waals surface area contributed by atoms with Crippen molar-refractivity contribution in [3.05, 3.63) is 24.3 Å². The highest BCUT2D eigenvalue weighted by molar-refractivity contribution is 5.76. The van der Waals surface area contributed by atoms with Crippen molar-refractivity contribution in [2.24, 2.45) is 0 Å². The summed E-state index contributed by atoms with van der Waals surface area (Å²) in [6.07, 6.45) is 73.2. The third-order valence-corrected chi connectivity index (χ3v) is 25.3. The Labute approximate surface area is 715 Å². The second-order valence-corrected chi connectivity index (χ2v) is 36.0. The van der Waals surface area contributed by atoms with Crippen LogP contribution in [0.2, 0.25) is 0 Å². The summed E-state index contributed by atoms with van der Waals surface area (Å²) in [5, 5.41) is 122. The number of aliphatic hydroxyl groups is 11. The number of hydrogen-bond donors (Lipinski definition) is 12. The van der Waals surface area contributed by atoms with Crippen molar-refractivity contribution in [1.29, 1.82) is 0 Å². The molecule has 0 radical (unpaired) electrons. The number of unbranched alkanes of at least 4 members (excludes halogenated alkanes) is 64. The van der Waals surface area contributed by atoms with Crippen molar-refractivity contribution in [3.63, 3.8) is 0 Å². The third kappa shape index (κ3) is 55.4. The van der Waals surface area contributed by atoms with Crippen LogP contribution in [0.4, 0.5) is 0 Å². The molecule has 0 saturated carbocycles. The zero-order chi connectivity index (χ0) is 84.5. The molecule has 3 saturated heterocycles. The van der Waals surface area contributed by atoms with E-state index in [4.69, 9.17) is 28.4 Å². The quantitative estimate of drug-likeness (QED) is 0.0199. The first-order valence-corrected chi connectivity index (χ1v) is 50.1. The fourth-order valence-electron chi connectivity index (χ4n) is 17.4. The number of aliphatic hydroxyl groups excluding tert-OH is 11. The second-order valence-electron chi connectivity index (χ2n) is 36.0. The second kappa shape index (κ2) is 77.8. The lowest BCUT2D eigenvalue weighted by molar-refractivity contribution is -0.379. The van der Waals surface area contributed by atoms with Crippen LogP contribution in [0.5, 0.6) is 0 Å². The minimum absolute atomic E-state index is 0.231. The molecular formula is C98H187NO18. The predicted octanol–water partition coefficient (Wildman–Crippen LogP) is 20.8. The van der Waals surface area contributed by atoms with Gasteiger partial charge in [-0.25, -0.2) is 0 Å². The molecule has 12 N–H and O–H groups in total. The minimum atomic E-state index is -1.97. The Balaban J connectivity index is 1.27. The molecule has 1 amide bonds. The van der Waals surface area contributed by atoms with E-state index in [1.54, 1.807) is 0 Å². The predicted molar refractivity (Wildman–Crippen MR) is 476 cm³/mol. The maximum absolute atomic E-state index is 13.6. The molecule has 3 aliphatic heterocycles. The van der Waals surface area contributed by atoms with E-state index < -0.39 is 124 Å². The van der Waals surface area contributed by atoms with Gasteiger partial charge in [-0.15, -0.1) is 0 Å². The fraction of sp³-hybridized carbons (Fsp3) is 0.949. The lowest BCUT2D eigenvalue weighted by atomic mass is 9.96. The molecule has 3 heterocycles. The van der Waals surface area contributed by atoms with Gasteiger partial charge in [0.25, 0.3) is 0 Å². The van der Waals surface area contributed by atoms with E-state index in [-0.39, 0.29) is 18.9 Å². The monoisotopic (exact) mass is 1670 g/mol. The van der Waals surface area contributed by atoms with Gasteiger partial charge in [0.2, 0.25) is 5.91 Å². The summed E-state index contributed by atoms with van der Waals surface area (Å²) in [6.45, 7) is 1.88. The molecule has 0 bridgehead atoms. The number of allylic oxidation sites excluding steroid dienone is 4. The van der Waals surface area contributed by atoms with E-state index in [1.165, 1.54) is 379 Å². The number of rotatable bonds is 84. The zero-order valence-electron chi connectivity index (χ0n) is 75.2. The Hall–Kier alpha value is -1.73. The van der Waals surface area contributed by atoms with Crippen LogP contribution >= 0.6 is 0 Å². The van der Waals surface area contributed by atoms with E-state index in [9.17, 15) is 61.0 Å². The molecule has 3 aliphatic rings. The van der Waals surface area contributed by atoms with Crippen LogP contribution < -0.4 is 5.32 Å². The van der Waals surface area contributed by atoms with E-state index in [0.717, 1.165) is 51.4 Å². The largest absolute Gasteiger partial charge is 0.394 e.